The molecule has 18 heavy (non-hydrogen) atoms. The predicted molar refractivity (Wildman–Crippen MR) is 68.4 cm³/mol. The second-order valence-corrected chi connectivity index (χ2v) is 5.10. The van der Waals surface area contributed by atoms with E-state index in [-0.39, 0.29) is 24.5 Å². The van der Waals surface area contributed by atoms with Crippen molar-refractivity contribution < 1.29 is 14.3 Å². The van der Waals surface area contributed by atoms with E-state index in [1.165, 1.54) is 0 Å². The van der Waals surface area contributed by atoms with E-state index in [1.54, 1.807) is 23.3 Å². The van der Waals surface area contributed by atoms with Gasteiger partial charge in [-0.2, -0.15) is 11.3 Å². The molecule has 1 fully saturated rings. The Morgan fingerprint density at radius 1 is 1.67 bits per heavy atom. The molecule has 0 unspecified atom stereocenters. The van der Waals surface area contributed by atoms with Crippen LogP contribution in [-0.4, -0.2) is 49.6 Å². The van der Waals surface area contributed by atoms with Gasteiger partial charge in [-0.25, -0.2) is 0 Å². The number of hydrogen-bond acceptors (Lipinski definition) is 4. The maximum Gasteiger partial charge on any atom is 0.248 e. The first-order valence-electron chi connectivity index (χ1n) is 5.78. The summed E-state index contributed by atoms with van der Waals surface area (Å²) < 4.78 is 5.34. The van der Waals surface area contributed by atoms with Gasteiger partial charge in [0.05, 0.1) is 12.5 Å². The lowest BCUT2D eigenvalue weighted by atomic mass is 10.2. The van der Waals surface area contributed by atoms with Crippen LogP contribution in [0, 0.1) is 0 Å². The van der Waals surface area contributed by atoms with Crippen LogP contribution in [0.5, 0.6) is 0 Å². The largest absolute Gasteiger partial charge is 0.365 e. The number of likely N-dealkylation sites (N-methyl/N-ethyl adjacent to an activating group) is 1. The third-order valence-electron chi connectivity index (χ3n) is 2.82. The Kier molecular flexibility index (Phi) is 4.33. The molecule has 2 rings (SSSR count). The summed E-state index contributed by atoms with van der Waals surface area (Å²) in [6.07, 6.45) is 0.282. The van der Waals surface area contributed by atoms with Crippen molar-refractivity contribution in [2.45, 2.75) is 12.5 Å². The summed E-state index contributed by atoms with van der Waals surface area (Å²) in [6.45, 7) is 1.07. The lowest BCUT2D eigenvalue weighted by Gasteiger charge is -2.29. The van der Waals surface area contributed by atoms with E-state index in [1.807, 2.05) is 16.8 Å². The van der Waals surface area contributed by atoms with E-state index < -0.39 is 0 Å². The van der Waals surface area contributed by atoms with Crippen molar-refractivity contribution >= 4 is 23.2 Å². The molecule has 0 spiro atoms. The second-order valence-electron chi connectivity index (χ2n) is 4.32. The van der Waals surface area contributed by atoms with Gasteiger partial charge in [0, 0.05) is 20.1 Å². The maximum atomic E-state index is 11.7. The van der Waals surface area contributed by atoms with Crippen LogP contribution >= 0.6 is 11.3 Å². The number of ether oxygens (including phenoxy) is 1. The van der Waals surface area contributed by atoms with Gasteiger partial charge in [-0.3, -0.25) is 9.59 Å². The van der Waals surface area contributed by atoms with Gasteiger partial charge >= 0.3 is 0 Å². The molecular weight excluding hydrogens is 252 g/mol. The summed E-state index contributed by atoms with van der Waals surface area (Å²) in [7, 11) is 1.74. The van der Waals surface area contributed by atoms with Crippen molar-refractivity contribution in [1.29, 1.82) is 0 Å². The van der Waals surface area contributed by atoms with Crippen LogP contribution in [0.15, 0.2) is 16.8 Å². The minimum Gasteiger partial charge on any atom is -0.365 e. The standard InChI is InChI=1S/C12H16N2O3S/c1-14-6-10(17-7-12(14)16)5-13-11(15)4-9-2-3-18-8-9/h2-3,8,10H,4-7H2,1H3,(H,13,15)/t10-/m1/s1. The molecule has 2 amide bonds. The molecule has 5 nitrogen and oxygen atoms in total. The van der Waals surface area contributed by atoms with Gasteiger partial charge in [0.2, 0.25) is 11.8 Å². The Balaban J connectivity index is 1.71. The highest BCUT2D eigenvalue weighted by Gasteiger charge is 2.23. The van der Waals surface area contributed by atoms with E-state index >= 15 is 0 Å². The molecule has 1 aromatic heterocycles. The Hall–Kier alpha value is -1.40. The van der Waals surface area contributed by atoms with Crippen molar-refractivity contribution in [1.82, 2.24) is 10.2 Å². The van der Waals surface area contributed by atoms with Gasteiger partial charge in [0.1, 0.15) is 6.61 Å². The maximum absolute atomic E-state index is 11.7. The SMILES string of the molecule is CN1C[C@@H](CNC(=O)Cc2ccsc2)OCC1=O. The van der Waals surface area contributed by atoms with Gasteiger partial charge < -0.3 is 15.0 Å². The molecule has 0 saturated carbocycles. The molecule has 0 bridgehead atoms. The fourth-order valence-corrected chi connectivity index (χ4v) is 2.42. The topological polar surface area (TPSA) is 58.6 Å². The van der Waals surface area contributed by atoms with E-state index in [4.69, 9.17) is 4.74 Å². The van der Waals surface area contributed by atoms with Crippen molar-refractivity contribution in [3.05, 3.63) is 22.4 Å². The molecule has 0 aromatic carbocycles. The lowest BCUT2D eigenvalue weighted by Crippen LogP contribution is -2.48. The fourth-order valence-electron chi connectivity index (χ4n) is 1.75. The summed E-state index contributed by atoms with van der Waals surface area (Å²) in [5, 5.41) is 6.74. The Bertz CT molecular complexity index is 419. The van der Waals surface area contributed by atoms with Gasteiger partial charge in [-0.1, -0.05) is 0 Å². The number of carbonyl (C=O) groups is 2. The molecular formula is C12H16N2O3S. The average Bonchev–Trinajstić information content (AvgIpc) is 2.83. The molecule has 6 heteroatoms. The van der Waals surface area contributed by atoms with Crippen molar-refractivity contribution in [2.75, 3.05) is 26.7 Å². The predicted octanol–water partition coefficient (Wildman–Crippen LogP) is 0.264. The molecule has 2 heterocycles. The van der Waals surface area contributed by atoms with Crippen LogP contribution in [0.25, 0.3) is 0 Å². The van der Waals surface area contributed by atoms with Gasteiger partial charge in [0.15, 0.2) is 0 Å². The van der Waals surface area contributed by atoms with Gasteiger partial charge in [0.25, 0.3) is 0 Å². The van der Waals surface area contributed by atoms with E-state index in [9.17, 15) is 9.59 Å². The van der Waals surface area contributed by atoms with Crippen molar-refractivity contribution in [3.63, 3.8) is 0 Å². The van der Waals surface area contributed by atoms with Crippen LogP contribution in [0.4, 0.5) is 0 Å². The first-order valence-corrected chi connectivity index (χ1v) is 6.73. The number of hydrogen-bond donors (Lipinski definition) is 1. The third kappa shape index (κ3) is 3.54. The van der Waals surface area contributed by atoms with E-state index in [0.717, 1.165) is 5.56 Å². The number of amides is 2. The molecule has 98 valence electrons. The highest BCUT2D eigenvalue weighted by atomic mass is 32.1. The van der Waals surface area contributed by atoms with Crippen LogP contribution in [0.2, 0.25) is 0 Å². The summed E-state index contributed by atoms with van der Waals surface area (Å²) in [6, 6.07) is 1.94. The van der Waals surface area contributed by atoms with Crippen LogP contribution in [0.3, 0.4) is 0 Å². The van der Waals surface area contributed by atoms with Gasteiger partial charge in [-0.15, -0.1) is 0 Å². The summed E-state index contributed by atoms with van der Waals surface area (Å²) in [5.41, 5.74) is 1.02. The van der Waals surface area contributed by atoms with Crippen LogP contribution in [0.1, 0.15) is 5.56 Å². The molecule has 0 radical (unpaired) electrons. The van der Waals surface area contributed by atoms with E-state index in [2.05, 4.69) is 5.32 Å². The average molecular weight is 268 g/mol. The van der Waals surface area contributed by atoms with Gasteiger partial charge in [-0.05, 0) is 22.4 Å². The summed E-state index contributed by atoms with van der Waals surface area (Å²) in [5.74, 6) is -0.0348. The lowest BCUT2D eigenvalue weighted by molar-refractivity contribution is -0.146. The zero-order chi connectivity index (χ0) is 13.0. The zero-order valence-corrected chi connectivity index (χ0v) is 11.0. The van der Waals surface area contributed by atoms with Crippen LogP contribution in [-0.2, 0) is 20.7 Å². The molecule has 1 aromatic rings. The fraction of sp³-hybridized carbons (Fsp3) is 0.500. The molecule has 1 saturated heterocycles. The smallest absolute Gasteiger partial charge is 0.248 e. The zero-order valence-electron chi connectivity index (χ0n) is 10.2. The number of nitrogens with one attached hydrogen (secondary N) is 1. The first kappa shape index (κ1) is 13.0. The second kappa shape index (κ2) is 5.97. The number of nitrogens with zero attached hydrogens (tertiary/aromatic N) is 1. The number of carbonyl (C=O) groups excluding carboxylic acids is 2. The molecule has 1 atom stereocenters. The number of thiophene rings is 1. The molecule has 1 aliphatic rings. The molecule has 0 aliphatic carbocycles. The van der Waals surface area contributed by atoms with Crippen molar-refractivity contribution in [3.8, 4) is 0 Å². The normalized spacial score (nSPS) is 19.9. The number of morpholine rings is 1. The van der Waals surface area contributed by atoms with E-state index in [0.29, 0.717) is 19.5 Å². The minimum atomic E-state index is -0.112. The molecule has 1 N–H and O–H groups in total. The number of rotatable bonds is 4. The van der Waals surface area contributed by atoms with Crippen molar-refractivity contribution in [2.24, 2.45) is 0 Å². The minimum absolute atomic E-state index is 0.0171. The summed E-state index contributed by atoms with van der Waals surface area (Å²) in [4.78, 5) is 24.5. The summed E-state index contributed by atoms with van der Waals surface area (Å²) >= 11 is 1.58. The monoisotopic (exact) mass is 268 g/mol. The third-order valence-corrected chi connectivity index (χ3v) is 3.55. The quantitative estimate of drug-likeness (QED) is 0.852. The molecule has 1 aliphatic heterocycles. The Morgan fingerprint density at radius 2 is 2.50 bits per heavy atom. The van der Waals surface area contributed by atoms with Crippen LogP contribution < -0.4 is 5.32 Å². The highest BCUT2D eigenvalue weighted by molar-refractivity contribution is 7.07. The first-order chi connectivity index (χ1) is 8.65. The Labute approximate surface area is 110 Å². The Morgan fingerprint density at radius 3 is 3.17 bits per heavy atom. The highest BCUT2D eigenvalue weighted by Crippen LogP contribution is 2.07.